The number of carbonyl (C=O) groups is 1. The average molecular weight is 372 g/mol. The van der Waals surface area contributed by atoms with E-state index in [0.29, 0.717) is 0 Å². The second-order valence-corrected chi connectivity index (χ2v) is 8.00. The summed E-state index contributed by atoms with van der Waals surface area (Å²) >= 11 is 1.54. The summed E-state index contributed by atoms with van der Waals surface area (Å²) in [5.74, 6) is 2.99. The number of rotatable bonds is 3. The van der Waals surface area contributed by atoms with Gasteiger partial charge in [0.15, 0.2) is 0 Å². The van der Waals surface area contributed by atoms with Crippen molar-refractivity contribution >= 4 is 28.9 Å². The molecule has 4 rings (SSSR count). The molecule has 2 aliphatic rings. The zero-order chi connectivity index (χ0) is 18.1. The Morgan fingerprint density at radius 3 is 2.12 bits per heavy atom. The Kier molecular flexibility index (Phi) is 4.80. The predicted octanol–water partition coefficient (Wildman–Crippen LogP) is 2.72. The Morgan fingerprint density at radius 1 is 0.923 bits per heavy atom. The summed E-state index contributed by atoms with van der Waals surface area (Å²) in [7, 11) is 0. The lowest BCUT2D eigenvalue weighted by Crippen LogP contribution is -2.49. The minimum Gasteiger partial charge on any atom is -0.356 e. The zero-order valence-electron chi connectivity index (χ0n) is 15.4. The van der Waals surface area contributed by atoms with Gasteiger partial charge in [-0.2, -0.15) is 0 Å². The molecular formula is C19H25N5OS. The third-order valence-corrected chi connectivity index (χ3v) is 6.11. The molecule has 4 heterocycles. The fourth-order valence-electron chi connectivity index (χ4n) is 3.64. The van der Waals surface area contributed by atoms with Crippen LogP contribution in [0.25, 0.3) is 0 Å². The van der Waals surface area contributed by atoms with Crippen LogP contribution in [-0.4, -0.2) is 60.0 Å². The molecule has 2 saturated heterocycles. The van der Waals surface area contributed by atoms with Crippen LogP contribution in [0, 0.1) is 13.8 Å². The molecule has 0 atom stereocenters. The van der Waals surface area contributed by atoms with Gasteiger partial charge in [0.2, 0.25) is 0 Å². The molecule has 0 aromatic carbocycles. The maximum absolute atomic E-state index is 12.6. The van der Waals surface area contributed by atoms with Gasteiger partial charge in [-0.25, -0.2) is 9.97 Å². The van der Waals surface area contributed by atoms with Gasteiger partial charge in [0.25, 0.3) is 5.91 Å². The van der Waals surface area contributed by atoms with Gasteiger partial charge in [-0.3, -0.25) is 4.79 Å². The first-order valence-electron chi connectivity index (χ1n) is 9.30. The third-order valence-electron chi connectivity index (χ3n) is 5.07. The molecule has 0 N–H and O–H groups in total. The van der Waals surface area contributed by atoms with E-state index in [4.69, 9.17) is 0 Å². The van der Waals surface area contributed by atoms with Crippen molar-refractivity contribution < 1.29 is 4.79 Å². The molecule has 1 amide bonds. The van der Waals surface area contributed by atoms with Crippen molar-refractivity contribution in [2.24, 2.45) is 0 Å². The highest BCUT2D eigenvalue weighted by Gasteiger charge is 2.25. The number of hydrogen-bond donors (Lipinski definition) is 0. The fourth-order valence-corrected chi connectivity index (χ4v) is 4.51. The van der Waals surface area contributed by atoms with E-state index in [1.54, 1.807) is 0 Å². The van der Waals surface area contributed by atoms with Gasteiger partial charge in [0, 0.05) is 45.3 Å². The normalized spacial score (nSPS) is 17.8. The number of thiophene rings is 1. The van der Waals surface area contributed by atoms with Gasteiger partial charge in [-0.15, -0.1) is 11.3 Å². The Balaban J connectivity index is 1.43. The summed E-state index contributed by atoms with van der Waals surface area (Å²) in [6.07, 6.45) is 2.47. The molecule has 2 fully saturated rings. The first-order chi connectivity index (χ1) is 12.6. The molecule has 0 radical (unpaired) electrons. The number of anilines is 2. The van der Waals surface area contributed by atoms with Crippen molar-refractivity contribution in [2.45, 2.75) is 26.7 Å². The monoisotopic (exact) mass is 371 g/mol. The van der Waals surface area contributed by atoms with Crippen LogP contribution in [0.4, 0.5) is 11.6 Å². The minimum absolute atomic E-state index is 0.152. The predicted molar refractivity (Wildman–Crippen MR) is 105 cm³/mol. The summed E-state index contributed by atoms with van der Waals surface area (Å²) < 4.78 is 0. The van der Waals surface area contributed by atoms with Crippen LogP contribution in [0.1, 0.15) is 33.9 Å². The molecule has 2 aliphatic heterocycles. The maximum atomic E-state index is 12.6. The third kappa shape index (κ3) is 3.53. The molecular weight excluding hydrogens is 346 g/mol. The molecule has 2 aromatic rings. The van der Waals surface area contributed by atoms with Crippen LogP contribution in [0.2, 0.25) is 0 Å². The van der Waals surface area contributed by atoms with Crippen molar-refractivity contribution in [1.82, 2.24) is 14.9 Å². The summed E-state index contributed by atoms with van der Waals surface area (Å²) in [5.41, 5.74) is 1.16. The molecule has 0 aliphatic carbocycles. The van der Waals surface area contributed by atoms with Gasteiger partial charge in [-0.1, -0.05) is 0 Å². The Bertz CT molecular complexity index is 791. The minimum atomic E-state index is 0.152. The van der Waals surface area contributed by atoms with Crippen LogP contribution in [-0.2, 0) is 0 Å². The number of aryl methyl sites for hydroxylation is 2. The van der Waals surface area contributed by atoms with Crippen LogP contribution in [0.5, 0.6) is 0 Å². The average Bonchev–Trinajstić information content (AvgIpc) is 3.32. The summed E-state index contributed by atoms with van der Waals surface area (Å²) in [6, 6.07) is 4.09. The number of carbonyl (C=O) groups excluding carboxylic acids is 1. The lowest BCUT2D eigenvalue weighted by molar-refractivity contribution is 0.0751. The van der Waals surface area contributed by atoms with Crippen molar-refractivity contribution in [3.8, 4) is 0 Å². The molecule has 0 unspecified atom stereocenters. The molecule has 0 saturated carbocycles. The maximum Gasteiger partial charge on any atom is 0.264 e. The van der Waals surface area contributed by atoms with Gasteiger partial charge in [0.05, 0.1) is 4.88 Å². The largest absolute Gasteiger partial charge is 0.356 e. The van der Waals surface area contributed by atoms with Gasteiger partial charge in [0.1, 0.15) is 17.5 Å². The SMILES string of the molecule is Cc1csc(C(=O)N2CCN(c3cc(N4CCCC4)nc(C)n3)CC2)c1. The number of nitrogens with zero attached hydrogens (tertiary/aromatic N) is 5. The summed E-state index contributed by atoms with van der Waals surface area (Å²) in [5, 5.41) is 2.03. The highest BCUT2D eigenvalue weighted by Crippen LogP contribution is 2.24. The lowest BCUT2D eigenvalue weighted by atomic mass is 10.2. The molecule has 7 heteroatoms. The van der Waals surface area contributed by atoms with Crippen molar-refractivity contribution in [2.75, 3.05) is 49.1 Å². The van der Waals surface area contributed by atoms with E-state index in [2.05, 4.69) is 25.8 Å². The molecule has 2 aromatic heterocycles. The summed E-state index contributed by atoms with van der Waals surface area (Å²) in [4.78, 5) is 29.3. The van der Waals surface area contributed by atoms with E-state index in [-0.39, 0.29) is 5.91 Å². The van der Waals surface area contributed by atoms with Crippen molar-refractivity contribution in [3.05, 3.63) is 33.8 Å². The van der Waals surface area contributed by atoms with Gasteiger partial charge >= 0.3 is 0 Å². The molecule has 0 spiro atoms. The smallest absolute Gasteiger partial charge is 0.264 e. The lowest BCUT2D eigenvalue weighted by Gasteiger charge is -2.35. The van der Waals surface area contributed by atoms with Crippen LogP contribution in [0.15, 0.2) is 17.5 Å². The quantitative estimate of drug-likeness (QED) is 0.830. The van der Waals surface area contributed by atoms with Crippen LogP contribution >= 0.6 is 11.3 Å². The van der Waals surface area contributed by atoms with E-state index >= 15 is 0 Å². The highest BCUT2D eigenvalue weighted by molar-refractivity contribution is 7.12. The van der Waals surface area contributed by atoms with E-state index < -0.39 is 0 Å². The first-order valence-corrected chi connectivity index (χ1v) is 10.2. The summed E-state index contributed by atoms with van der Waals surface area (Å²) in [6.45, 7) is 9.24. The second kappa shape index (κ2) is 7.23. The Labute approximate surface area is 158 Å². The van der Waals surface area contributed by atoms with Gasteiger partial charge in [-0.05, 0) is 43.7 Å². The molecule has 138 valence electrons. The van der Waals surface area contributed by atoms with Gasteiger partial charge < -0.3 is 14.7 Å². The van der Waals surface area contributed by atoms with Crippen molar-refractivity contribution in [1.29, 1.82) is 0 Å². The van der Waals surface area contributed by atoms with E-state index in [9.17, 15) is 4.79 Å². The van der Waals surface area contributed by atoms with E-state index in [0.717, 1.165) is 67.2 Å². The Morgan fingerprint density at radius 2 is 1.54 bits per heavy atom. The number of amides is 1. The first kappa shape index (κ1) is 17.3. The number of piperazine rings is 1. The Hall–Kier alpha value is -2.15. The number of hydrogen-bond acceptors (Lipinski definition) is 6. The van der Waals surface area contributed by atoms with E-state index in [1.807, 2.05) is 30.2 Å². The molecule has 6 nitrogen and oxygen atoms in total. The van der Waals surface area contributed by atoms with Crippen molar-refractivity contribution in [3.63, 3.8) is 0 Å². The second-order valence-electron chi connectivity index (χ2n) is 7.09. The topological polar surface area (TPSA) is 52.6 Å². The molecule has 0 bridgehead atoms. The zero-order valence-corrected chi connectivity index (χ0v) is 16.3. The molecule has 26 heavy (non-hydrogen) atoms. The standard InChI is InChI=1S/C19H25N5OS/c1-14-11-16(26-13-14)19(25)24-9-7-23(8-10-24)18-12-17(20-15(2)21-18)22-5-3-4-6-22/h11-13H,3-10H2,1-2H3. The van der Waals surface area contributed by atoms with Crippen LogP contribution in [0.3, 0.4) is 0 Å². The highest BCUT2D eigenvalue weighted by atomic mass is 32.1. The van der Waals surface area contributed by atoms with Crippen LogP contribution < -0.4 is 9.80 Å². The van der Waals surface area contributed by atoms with E-state index in [1.165, 1.54) is 24.2 Å². The fraction of sp³-hybridized carbons (Fsp3) is 0.526. The number of aromatic nitrogens is 2.